The van der Waals surface area contributed by atoms with Gasteiger partial charge in [-0.2, -0.15) is 0 Å². The van der Waals surface area contributed by atoms with Gasteiger partial charge in [0, 0.05) is 0 Å². The molecular formula is C5H14BOP. The molecule has 0 aliphatic heterocycles. The number of hydrogen-bond donors (Lipinski definition) is 0. The van der Waals surface area contributed by atoms with Gasteiger partial charge in [0.1, 0.15) is 0 Å². The van der Waals surface area contributed by atoms with Crippen LogP contribution in [0.15, 0.2) is 0 Å². The molecule has 0 unspecified atom stereocenters. The summed E-state index contributed by atoms with van der Waals surface area (Å²) < 4.78 is 0. The van der Waals surface area contributed by atoms with E-state index in [9.17, 15) is 4.79 Å². The van der Waals surface area contributed by atoms with Crippen molar-refractivity contribution in [1.29, 1.82) is 0 Å². The van der Waals surface area contributed by atoms with Crippen molar-refractivity contribution in [2.45, 2.75) is 6.92 Å². The Hall–Kier alpha value is 0.165. The van der Waals surface area contributed by atoms with Gasteiger partial charge in [0.05, 0.1) is 0 Å². The van der Waals surface area contributed by atoms with Crippen molar-refractivity contribution >= 4 is 20.6 Å². The average molecular weight is 132 g/mol. The summed E-state index contributed by atoms with van der Waals surface area (Å²) in [5.41, 5.74) is 0.417. The third-order valence-electron chi connectivity index (χ3n) is 1.84. The number of carbonyl (C=O) groups is 1. The molecule has 0 N–H and O–H groups in total. The van der Waals surface area contributed by atoms with Crippen LogP contribution in [0.1, 0.15) is 6.92 Å². The van der Waals surface area contributed by atoms with Crippen molar-refractivity contribution in [3.63, 3.8) is 0 Å². The Morgan fingerprint density at radius 3 is 2.00 bits per heavy atom. The number of carbonyl (C=O) groups excluding carboxylic acids is 1. The first-order valence-electron chi connectivity index (χ1n) is 3.01. The van der Waals surface area contributed by atoms with Gasteiger partial charge in [-0.3, -0.25) is 0 Å². The molecule has 0 spiro atoms. The summed E-state index contributed by atoms with van der Waals surface area (Å²) >= 11 is 0. The molecule has 0 saturated carbocycles. The van der Waals surface area contributed by atoms with Crippen molar-refractivity contribution < 1.29 is 4.79 Å². The summed E-state index contributed by atoms with van der Waals surface area (Å²) in [6.07, 6.45) is 0. The third-order valence-corrected chi connectivity index (χ3v) is 5.51. The van der Waals surface area contributed by atoms with Gasteiger partial charge in [0.25, 0.3) is 0 Å². The second-order valence-corrected chi connectivity index (χ2v) is 7.97. The van der Waals surface area contributed by atoms with Gasteiger partial charge in [-0.15, -0.1) is 0 Å². The topological polar surface area (TPSA) is 17.1 Å². The van der Waals surface area contributed by atoms with Crippen molar-refractivity contribution in [2.75, 3.05) is 19.4 Å². The van der Waals surface area contributed by atoms with Crippen molar-refractivity contribution in [3.8, 4) is 0 Å². The van der Waals surface area contributed by atoms with Gasteiger partial charge in [0.2, 0.25) is 0 Å². The number of rotatable bonds is 2. The Morgan fingerprint density at radius 1 is 1.62 bits per heavy atom. The monoisotopic (exact) mass is 132 g/mol. The summed E-state index contributed by atoms with van der Waals surface area (Å²) in [6.45, 7) is 5.92. The van der Waals surface area contributed by atoms with Crippen LogP contribution < -0.4 is 0 Å². The molecule has 0 heterocycles. The Bertz CT molecular complexity index is 101. The van der Waals surface area contributed by atoms with E-state index in [4.69, 9.17) is 0 Å². The molecule has 0 saturated heterocycles. The van der Waals surface area contributed by atoms with E-state index in [1.54, 1.807) is 6.92 Å². The maximum atomic E-state index is 10.8. The summed E-state index contributed by atoms with van der Waals surface area (Å²) in [5.74, 6) is 0. The minimum atomic E-state index is -1.39. The summed E-state index contributed by atoms with van der Waals surface area (Å²) in [6, 6.07) is 1.07. The molecule has 0 aliphatic carbocycles. The normalized spacial score (nSPS) is 13.4. The Morgan fingerprint density at radius 2 is 2.00 bits per heavy atom. The fourth-order valence-corrected chi connectivity index (χ4v) is 0.747. The van der Waals surface area contributed by atoms with Gasteiger partial charge in [0.15, 0.2) is 0 Å². The molecule has 48 valence electrons. The molecule has 0 aliphatic rings. The predicted octanol–water partition coefficient (Wildman–Crippen LogP) is 0.133. The van der Waals surface area contributed by atoms with Crippen LogP contribution in [0.4, 0.5) is 0 Å². The van der Waals surface area contributed by atoms with Gasteiger partial charge in [-0.05, 0) is 0 Å². The molecular weight excluding hydrogens is 118 g/mol. The van der Waals surface area contributed by atoms with E-state index in [1.807, 2.05) is 0 Å². The standard InChI is InChI=1S/C5H14BOP/c1-5(7)8(2,3)4-6/h8H,4,6H2,1-3H3. The zero-order valence-corrected chi connectivity index (χ0v) is 7.12. The minimum absolute atomic E-state index is 0.417. The second kappa shape index (κ2) is 2.64. The summed E-state index contributed by atoms with van der Waals surface area (Å²) in [4.78, 5) is 10.8. The molecule has 0 rings (SSSR count). The van der Waals surface area contributed by atoms with Crippen molar-refractivity contribution in [1.82, 2.24) is 0 Å². The Kier molecular flexibility index (Phi) is 2.69. The van der Waals surface area contributed by atoms with E-state index >= 15 is 0 Å². The quantitative estimate of drug-likeness (QED) is 0.385. The Balaban J connectivity index is 3.91. The summed E-state index contributed by atoms with van der Waals surface area (Å²) in [7, 11) is 0.697. The molecule has 0 fully saturated rings. The zero-order chi connectivity index (χ0) is 6.78. The molecule has 0 aromatic heterocycles. The molecule has 0 aromatic carbocycles. The first-order chi connectivity index (χ1) is 3.50. The molecule has 0 bridgehead atoms. The van der Waals surface area contributed by atoms with E-state index < -0.39 is 7.26 Å². The van der Waals surface area contributed by atoms with Crippen LogP contribution in [0.3, 0.4) is 0 Å². The van der Waals surface area contributed by atoms with E-state index in [1.165, 1.54) is 0 Å². The SMILES string of the molecule is BC[PH](C)(C)C(C)=O. The molecule has 0 amide bonds. The average Bonchev–Trinajstić information content (AvgIpc) is 1.67. The second-order valence-electron chi connectivity index (χ2n) is 2.79. The van der Waals surface area contributed by atoms with Crippen LogP contribution in [0.5, 0.6) is 0 Å². The van der Waals surface area contributed by atoms with Crippen LogP contribution in [-0.4, -0.2) is 32.8 Å². The molecule has 0 atom stereocenters. The predicted molar refractivity (Wildman–Crippen MR) is 44.3 cm³/mol. The van der Waals surface area contributed by atoms with Crippen LogP contribution in [0, 0.1) is 0 Å². The van der Waals surface area contributed by atoms with E-state index in [0.29, 0.717) is 5.52 Å². The van der Waals surface area contributed by atoms with Crippen molar-refractivity contribution in [3.05, 3.63) is 0 Å². The Labute approximate surface area is 52.6 Å². The van der Waals surface area contributed by atoms with E-state index in [0.717, 1.165) is 6.06 Å². The first kappa shape index (κ1) is 8.16. The fraction of sp³-hybridized carbons (Fsp3) is 0.800. The third kappa shape index (κ3) is 1.96. The number of hydrogen-bond acceptors (Lipinski definition) is 1. The van der Waals surface area contributed by atoms with Gasteiger partial charge < -0.3 is 0 Å². The van der Waals surface area contributed by atoms with Gasteiger partial charge in [-0.25, -0.2) is 0 Å². The van der Waals surface area contributed by atoms with Crippen LogP contribution in [0.25, 0.3) is 0 Å². The molecule has 3 heteroatoms. The van der Waals surface area contributed by atoms with Gasteiger partial charge in [-0.1, -0.05) is 0 Å². The molecule has 8 heavy (non-hydrogen) atoms. The van der Waals surface area contributed by atoms with Gasteiger partial charge >= 0.3 is 51.7 Å². The molecule has 0 radical (unpaired) electrons. The van der Waals surface area contributed by atoms with Crippen LogP contribution in [0.2, 0.25) is 0 Å². The van der Waals surface area contributed by atoms with Crippen molar-refractivity contribution in [2.24, 2.45) is 0 Å². The fourth-order valence-electron chi connectivity index (χ4n) is 0.249. The zero-order valence-electron chi connectivity index (χ0n) is 6.12. The summed E-state index contributed by atoms with van der Waals surface area (Å²) in [5, 5.41) is 0. The molecule has 1 nitrogen and oxygen atoms in total. The first-order valence-corrected chi connectivity index (χ1v) is 6.22. The molecule has 0 aromatic rings. The van der Waals surface area contributed by atoms with E-state index in [2.05, 4.69) is 21.2 Å². The van der Waals surface area contributed by atoms with E-state index in [-0.39, 0.29) is 0 Å². The van der Waals surface area contributed by atoms with Crippen LogP contribution >= 0.6 is 7.26 Å². The van der Waals surface area contributed by atoms with Crippen LogP contribution in [-0.2, 0) is 4.79 Å². The maximum absolute atomic E-state index is 10.8.